The number of carbonyl (C=O) groups is 1. The highest BCUT2D eigenvalue weighted by atomic mass is 16.2. The van der Waals surface area contributed by atoms with Crippen molar-refractivity contribution in [3.05, 3.63) is 23.8 Å². The number of nitrogens with zero attached hydrogens (tertiary/aromatic N) is 1. The van der Waals surface area contributed by atoms with Crippen LogP contribution in [0.2, 0.25) is 0 Å². The second-order valence-corrected chi connectivity index (χ2v) is 5.82. The van der Waals surface area contributed by atoms with E-state index in [0.29, 0.717) is 11.8 Å². The van der Waals surface area contributed by atoms with Crippen LogP contribution in [-0.2, 0) is 4.79 Å². The maximum absolute atomic E-state index is 11.5. The summed E-state index contributed by atoms with van der Waals surface area (Å²) in [6.45, 7) is 9.98. The fourth-order valence-corrected chi connectivity index (χ4v) is 2.67. The zero-order chi connectivity index (χ0) is 14.3. The number of amides is 1. The molecule has 2 heteroatoms. The third-order valence-electron chi connectivity index (χ3n) is 4.03. The number of hydrogen-bond acceptors (Lipinski definition) is 1. The van der Waals surface area contributed by atoms with Gasteiger partial charge in [0.2, 0.25) is 5.91 Å². The fourth-order valence-electron chi connectivity index (χ4n) is 2.67. The summed E-state index contributed by atoms with van der Waals surface area (Å²) in [5.74, 6) is 1.46. The summed E-state index contributed by atoms with van der Waals surface area (Å²) in [7, 11) is 0. The van der Waals surface area contributed by atoms with Gasteiger partial charge in [0.25, 0.3) is 0 Å². The molecular formula is C17H29NO. The number of carbonyl (C=O) groups excluding carboxylic acids is 1. The van der Waals surface area contributed by atoms with Crippen LogP contribution in [0.5, 0.6) is 0 Å². The Morgan fingerprint density at radius 2 is 2.26 bits per heavy atom. The molecule has 0 fully saturated rings. The van der Waals surface area contributed by atoms with Gasteiger partial charge in [-0.05, 0) is 38.0 Å². The van der Waals surface area contributed by atoms with Gasteiger partial charge in [0.15, 0.2) is 0 Å². The Morgan fingerprint density at radius 1 is 1.53 bits per heavy atom. The highest BCUT2D eigenvalue weighted by molar-refractivity contribution is 5.73. The molecule has 1 amide bonds. The van der Waals surface area contributed by atoms with E-state index in [1.54, 1.807) is 6.92 Å². The van der Waals surface area contributed by atoms with Crippen molar-refractivity contribution in [2.24, 2.45) is 11.8 Å². The number of hydrogen-bond donors (Lipinski definition) is 0. The van der Waals surface area contributed by atoms with Crippen molar-refractivity contribution in [3.63, 3.8) is 0 Å². The van der Waals surface area contributed by atoms with Crippen molar-refractivity contribution in [1.82, 2.24) is 4.90 Å². The second-order valence-electron chi connectivity index (χ2n) is 5.82. The molecule has 0 aromatic rings. The Labute approximate surface area is 118 Å². The Kier molecular flexibility index (Phi) is 6.90. The summed E-state index contributed by atoms with van der Waals surface area (Å²) in [4.78, 5) is 13.5. The molecule has 0 saturated heterocycles. The van der Waals surface area contributed by atoms with Crippen molar-refractivity contribution in [1.29, 1.82) is 0 Å². The second kappa shape index (κ2) is 8.19. The van der Waals surface area contributed by atoms with Gasteiger partial charge in [-0.2, -0.15) is 0 Å². The van der Waals surface area contributed by atoms with Crippen molar-refractivity contribution >= 4 is 5.91 Å². The molecule has 1 rings (SSSR count). The first-order chi connectivity index (χ1) is 9.04. The van der Waals surface area contributed by atoms with Gasteiger partial charge in [0.05, 0.1) is 0 Å². The lowest BCUT2D eigenvalue weighted by molar-refractivity contribution is -0.128. The molecule has 0 aliphatic heterocycles. The molecule has 0 spiro atoms. The quantitative estimate of drug-likeness (QED) is 0.658. The van der Waals surface area contributed by atoms with Gasteiger partial charge >= 0.3 is 0 Å². The molecule has 1 aliphatic rings. The number of unbranched alkanes of at least 4 members (excludes halogenated alkanes) is 1. The third kappa shape index (κ3) is 5.63. The maximum Gasteiger partial charge on any atom is 0.219 e. The minimum atomic E-state index is 0.186. The lowest BCUT2D eigenvalue weighted by atomic mass is 9.82. The molecule has 2 atom stereocenters. The van der Waals surface area contributed by atoms with E-state index in [2.05, 4.69) is 39.0 Å². The van der Waals surface area contributed by atoms with E-state index in [-0.39, 0.29) is 5.91 Å². The topological polar surface area (TPSA) is 20.3 Å². The molecule has 1 aliphatic carbocycles. The monoisotopic (exact) mass is 263 g/mol. The minimum Gasteiger partial charge on any atom is -0.339 e. The summed E-state index contributed by atoms with van der Waals surface area (Å²) < 4.78 is 0. The van der Waals surface area contributed by atoms with E-state index in [4.69, 9.17) is 0 Å². The molecule has 2 unspecified atom stereocenters. The average Bonchev–Trinajstić information content (AvgIpc) is 2.35. The average molecular weight is 263 g/mol. The van der Waals surface area contributed by atoms with Gasteiger partial charge in [-0.1, -0.05) is 44.1 Å². The predicted molar refractivity (Wildman–Crippen MR) is 81.9 cm³/mol. The Balaban J connectivity index is 2.45. The normalized spacial score (nSPS) is 23.5. The van der Waals surface area contributed by atoms with Crippen LogP contribution >= 0.6 is 0 Å². The van der Waals surface area contributed by atoms with E-state index in [1.807, 2.05) is 4.90 Å². The summed E-state index contributed by atoms with van der Waals surface area (Å²) in [6.07, 6.45) is 11.6. The van der Waals surface area contributed by atoms with Crippen molar-refractivity contribution in [2.45, 2.75) is 53.4 Å². The zero-order valence-corrected chi connectivity index (χ0v) is 13.0. The van der Waals surface area contributed by atoms with Crippen molar-refractivity contribution in [2.75, 3.05) is 13.1 Å². The van der Waals surface area contributed by atoms with Crippen LogP contribution < -0.4 is 0 Å². The molecule has 0 saturated carbocycles. The van der Waals surface area contributed by atoms with E-state index in [9.17, 15) is 4.79 Å². The van der Waals surface area contributed by atoms with Crippen LogP contribution in [0.1, 0.15) is 53.4 Å². The highest BCUT2D eigenvalue weighted by Gasteiger charge is 2.17. The fraction of sp³-hybridized carbons (Fsp3) is 0.706. The standard InChI is InChI=1S/C17H29NO/c1-5-6-11-18(16(4)19)12-7-8-17-10-9-14(2)13-15(17)3/h7-8,13,15,17H,5-6,9-12H2,1-4H3/b8-7+. The smallest absolute Gasteiger partial charge is 0.219 e. The summed E-state index contributed by atoms with van der Waals surface area (Å²) >= 11 is 0. The molecule has 0 radical (unpaired) electrons. The van der Waals surface area contributed by atoms with E-state index >= 15 is 0 Å². The summed E-state index contributed by atoms with van der Waals surface area (Å²) in [6, 6.07) is 0. The van der Waals surface area contributed by atoms with Crippen LogP contribution in [-0.4, -0.2) is 23.9 Å². The molecule has 108 valence electrons. The van der Waals surface area contributed by atoms with Crippen molar-refractivity contribution in [3.8, 4) is 0 Å². The highest BCUT2D eigenvalue weighted by Crippen LogP contribution is 2.29. The first kappa shape index (κ1) is 16.0. The van der Waals surface area contributed by atoms with Crippen LogP contribution in [0.3, 0.4) is 0 Å². The Morgan fingerprint density at radius 3 is 2.84 bits per heavy atom. The predicted octanol–water partition coefficient (Wildman–Crippen LogP) is 4.18. The molecule has 0 heterocycles. The van der Waals surface area contributed by atoms with Gasteiger partial charge < -0.3 is 4.90 Å². The summed E-state index contributed by atoms with van der Waals surface area (Å²) in [5, 5.41) is 0. The molecule has 0 bridgehead atoms. The van der Waals surface area contributed by atoms with Crippen LogP contribution in [0.25, 0.3) is 0 Å². The molecule has 2 nitrogen and oxygen atoms in total. The first-order valence-electron chi connectivity index (χ1n) is 7.64. The zero-order valence-electron chi connectivity index (χ0n) is 13.0. The van der Waals surface area contributed by atoms with Gasteiger partial charge in [0.1, 0.15) is 0 Å². The maximum atomic E-state index is 11.5. The van der Waals surface area contributed by atoms with E-state index in [0.717, 1.165) is 25.9 Å². The molecule has 0 aromatic heterocycles. The van der Waals surface area contributed by atoms with Crippen molar-refractivity contribution < 1.29 is 4.79 Å². The molecule has 19 heavy (non-hydrogen) atoms. The number of rotatable bonds is 6. The number of allylic oxidation sites excluding steroid dienone is 3. The largest absolute Gasteiger partial charge is 0.339 e. The van der Waals surface area contributed by atoms with Gasteiger partial charge in [-0.25, -0.2) is 0 Å². The first-order valence-corrected chi connectivity index (χ1v) is 7.64. The Bertz CT molecular complexity index is 343. The SMILES string of the molecule is CCCCN(C/C=C/C1CCC(C)=CC1C)C(C)=O. The molecule has 0 N–H and O–H groups in total. The molecule has 0 aromatic carbocycles. The van der Waals surface area contributed by atoms with Crippen LogP contribution in [0, 0.1) is 11.8 Å². The van der Waals surface area contributed by atoms with Gasteiger partial charge in [-0.15, -0.1) is 0 Å². The lowest BCUT2D eigenvalue weighted by Crippen LogP contribution is -2.30. The third-order valence-corrected chi connectivity index (χ3v) is 4.03. The van der Waals surface area contributed by atoms with E-state index in [1.165, 1.54) is 18.4 Å². The van der Waals surface area contributed by atoms with E-state index < -0.39 is 0 Å². The minimum absolute atomic E-state index is 0.186. The Hall–Kier alpha value is -1.05. The van der Waals surface area contributed by atoms with Gasteiger partial charge in [0, 0.05) is 20.0 Å². The van der Waals surface area contributed by atoms with Gasteiger partial charge in [-0.3, -0.25) is 4.79 Å². The lowest BCUT2D eigenvalue weighted by Gasteiger charge is -2.24. The van der Waals surface area contributed by atoms with Crippen LogP contribution in [0.4, 0.5) is 0 Å². The molecular weight excluding hydrogens is 234 g/mol. The summed E-state index contributed by atoms with van der Waals surface area (Å²) in [5.41, 5.74) is 1.52. The van der Waals surface area contributed by atoms with Crippen LogP contribution in [0.15, 0.2) is 23.8 Å².